The minimum atomic E-state index is -3.70. The molecule has 0 heterocycles. The number of sulfonamides is 1. The summed E-state index contributed by atoms with van der Waals surface area (Å²) in [6.45, 7) is 5.89. The van der Waals surface area contributed by atoms with Gasteiger partial charge in [-0.25, -0.2) is 8.42 Å². The molecule has 28 heavy (non-hydrogen) atoms. The molecule has 8 heteroatoms. The SMILES string of the molecule is CC(C)[C@H](C)NC(=O)COc1ccc(N(C)S(=O)(=O)c2ccc(Cl)cc2)cc1. The van der Waals surface area contributed by atoms with Crippen molar-refractivity contribution in [2.24, 2.45) is 5.92 Å². The number of amides is 1. The number of nitrogens with one attached hydrogen (secondary N) is 1. The van der Waals surface area contributed by atoms with Crippen LogP contribution in [0.4, 0.5) is 5.69 Å². The lowest BCUT2D eigenvalue weighted by Crippen LogP contribution is -2.38. The second-order valence-corrected chi connectivity index (χ2v) is 9.21. The third-order valence-corrected chi connectivity index (χ3v) is 6.48. The number of rotatable bonds is 8. The number of benzene rings is 2. The summed E-state index contributed by atoms with van der Waals surface area (Å²) in [6.07, 6.45) is 0. The fourth-order valence-corrected chi connectivity index (χ4v) is 3.59. The van der Waals surface area contributed by atoms with E-state index in [1.807, 2.05) is 20.8 Å². The van der Waals surface area contributed by atoms with Gasteiger partial charge in [-0.3, -0.25) is 9.10 Å². The van der Waals surface area contributed by atoms with Gasteiger partial charge in [-0.1, -0.05) is 25.4 Å². The summed E-state index contributed by atoms with van der Waals surface area (Å²) in [5.41, 5.74) is 0.472. The molecule has 0 saturated heterocycles. The molecule has 0 aliphatic heterocycles. The summed E-state index contributed by atoms with van der Waals surface area (Å²) in [4.78, 5) is 12.0. The predicted molar refractivity (Wildman–Crippen MR) is 111 cm³/mol. The standard InChI is InChI=1S/C20H25ClN2O4S/c1-14(2)15(3)22-20(24)13-27-18-9-7-17(8-10-18)23(4)28(25,26)19-11-5-16(21)6-12-19/h5-12,14-15H,13H2,1-4H3,(H,22,24)/t15-/m0/s1. The molecule has 0 unspecified atom stereocenters. The van der Waals surface area contributed by atoms with Gasteiger partial charge in [0.1, 0.15) is 5.75 Å². The Morgan fingerprint density at radius 3 is 2.18 bits per heavy atom. The van der Waals surface area contributed by atoms with Gasteiger partial charge in [-0.2, -0.15) is 0 Å². The molecule has 1 amide bonds. The van der Waals surface area contributed by atoms with E-state index in [1.165, 1.54) is 35.6 Å². The van der Waals surface area contributed by atoms with Gasteiger partial charge >= 0.3 is 0 Å². The zero-order valence-corrected chi connectivity index (χ0v) is 17.9. The van der Waals surface area contributed by atoms with E-state index in [4.69, 9.17) is 16.3 Å². The number of hydrogen-bond acceptors (Lipinski definition) is 4. The van der Waals surface area contributed by atoms with Crippen molar-refractivity contribution in [3.05, 3.63) is 53.6 Å². The van der Waals surface area contributed by atoms with Crippen LogP contribution >= 0.6 is 11.6 Å². The number of anilines is 1. The molecule has 152 valence electrons. The van der Waals surface area contributed by atoms with Crippen molar-refractivity contribution in [1.82, 2.24) is 5.32 Å². The monoisotopic (exact) mass is 424 g/mol. The zero-order valence-electron chi connectivity index (χ0n) is 16.3. The van der Waals surface area contributed by atoms with Crippen LogP contribution in [0, 0.1) is 5.92 Å². The molecule has 6 nitrogen and oxygen atoms in total. The third kappa shape index (κ3) is 5.62. The first-order chi connectivity index (χ1) is 13.1. The first kappa shape index (κ1) is 22.0. The lowest BCUT2D eigenvalue weighted by Gasteiger charge is -2.20. The van der Waals surface area contributed by atoms with Crippen molar-refractivity contribution >= 4 is 33.2 Å². The molecule has 0 spiro atoms. The summed E-state index contributed by atoms with van der Waals surface area (Å²) >= 11 is 5.82. The highest BCUT2D eigenvalue weighted by Crippen LogP contribution is 2.25. The topological polar surface area (TPSA) is 75.7 Å². The Morgan fingerprint density at radius 2 is 1.64 bits per heavy atom. The Balaban J connectivity index is 2.01. The quantitative estimate of drug-likeness (QED) is 0.700. The number of carbonyl (C=O) groups is 1. The molecule has 2 rings (SSSR count). The smallest absolute Gasteiger partial charge is 0.264 e. The van der Waals surface area contributed by atoms with Crippen LogP contribution in [-0.2, 0) is 14.8 Å². The maximum atomic E-state index is 12.7. The molecule has 0 bridgehead atoms. The highest BCUT2D eigenvalue weighted by molar-refractivity contribution is 7.92. The van der Waals surface area contributed by atoms with Crippen LogP contribution in [-0.4, -0.2) is 34.0 Å². The summed E-state index contributed by atoms with van der Waals surface area (Å²) in [5, 5.41) is 3.33. The molecule has 0 saturated carbocycles. The van der Waals surface area contributed by atoms with Crippen LogP contribution in [0.2, 0.25) is 5.02 Å². The molecule has 1 N–H and O–H groups in total. The zero-order chi connectivity index (χ0) is 20.9. The van der Waals surface area contributed by atoms with E-state index in [-0.39, 0.29) is 23.5 Å². The lowest BCUT2D eigenvalue weighted by atomic mass is 10.1. The van der Waals surface area contributed by atoms with Crippen LogP contribution in [0.5, 0.6) is 5.75 Å². The average Bonchev–Trinajstić information content (AvgIpc) is 2.66. The molecule has 0 aliphatic carbocycles. The number of halogens is 1. The van der Waals surface area contributed by atoms with E-state index in [1.54, 1.807) is 24.3 Å². The molecule has 0 fully saturated rings. The fourth-order valence-electron chi connectivity index (χ4n) is 2.27. The summed E-state index contributed by atoms with van der Waals surface area (Å²) in [7, 11) is -2.23. The maximum absolute atomic E-state index is 12.7. The second-order valence-electron chi connectivity index (χ2n) is 6.81. The average molecular weight is 425 g/mol. The second kappa shape index (κ2) is 9.30. The van der Waals surface area contributed by atoms with E-state index in [0.717, 1.165) is 0 Å². The van der Waals surface area contributed by atoms with Crippen LogP contribution in [0.1, 0.15) is 20.8 Å². The van der Waals surface area contributed by atoms with E-state index < -0.39 is 10.0 Å². The van der Waals surface area contributed by atoms with Crippen molar-refractivity contribution in [3.8, 4) is 5.75 Å². The molecule has 0 aromatic heterocycles. The van der Waals surface area contributed by atoms with Crippen LogP contribution in [0.3, 0.4) is 0 Å². The van der Waals surface area contributed by atoms with Crippen LogP contribution in [0.15, 0.2) is 53.4 Å². The molecule has 1 atom stereocenters. The first-order valence-corrected chi connectivity index (χ1v) is 10.7. The summed E-state index contributed by atoms with van der Waals surface area (Å²) < 4.78 is 32.0. The largest absolute Gasteiger partial charge is 0.484 e. The highest BCUT2D eigenvalue weighted by atomic mass is 35.5. The normalized spacial score (nSPS) is 12.5. The predicted octanol–water partition coefficient (Wildman–Crippen LogP) is 3.70. The van der Waals surface area contributed by atoms with Crippen LogP contribution < -0.4 is 14.4 Å². The van der Waals surface area contributed by atoms with E-state index in [9.17, 15) is 13.2 Å². The number of nitrogens with zero attached hydrogens (tertiary/aromatic N) is 1. The summed E-state index contributed by atoms with van der Waals surface area (Å²) in [5.74, 6) is 0.613. The minimum Gasteiger partial charge on any atom is -0.484 e. The Kier molecular flexibility index (Phi) is 7.32. The molecule has 2 aromatic carbocycles. The van der Waals surface area contributed by atoms with Gasteiger partial charge in [0.25, 0.3) is 15.9 Å². The summed E-state index contributed by atoms with van der Waals surface area (Å²) in [6, 6.07) is 12.5. The lowest BCUT2D eigenvalue weighted by molar-refractivity contribution is -0.124. The Morgan fingerprint density at radius 1 is 1.07 bits per heavy atom. The number of ether oxygens (including phenoxy) is 1. The Labute approximate surface area is 171 Å². The van der Waals surface area contributed by atoms with E-state index >= 15 is 0 Å². The molecular formula is C20H25ClN2O4S. The van der Waals surface area contributed by atoms with Gasteiger partial charge in [0.2, 0.25) is 0 Å². The van der Waals surface area contributed by atoms with Gasteiger partial charge in [-0.15, -0.1) is 0 Å². The Hall–Kier alpha value is -2.25. The van der Waals surface area contributed by atoms with Crippen LogP contribution in [0.25, 0.3) is 0 Å². The van der Waals surface area contributed by atoms with Crippen molar-refractivity contribution in [3.63, 3.8) is 0 Å². The molecule has 0 aliphatic rings. The molecule has 0 radical (unpaired) electrons. The fraction of sp³-hybridized carbons (Fsp3) is 0.350. The van der Waals surface area contributed by atoms with Crippen molar-refractivity contribution in [2.45, 2.75) is 31.7 Å². The van der Waals surface area contributed by atoms with Gasteiger partial charge < -0.3 is 10.1 Å². The number of hydrogen-bond donors (Lipinski definition) is 1. The van der Waals surface area contributed by atoms with Crippen molar-refractivity contribution in [1.29, 1.82) is 0 Å². The van der Waals surface area contributed by atoms with Gasteiger partial charge in [0.05, 0.1) is 10.6 Å². The van der Waals surface area contributed by atoms with Gasteiger partial charge in [-0.05, 0) is 61.4 Å². The first-order valence-electron chi connectivity index (χ1n) is 8.88. The minimum absolute atomic E-state index is 0.0604. The highest BCUT2D eigenvalue weighted by Gasteiger charge is 2.21. The Bertz CT molecular complexity index is 897. The molecular weight excluding hydrogens is 400 g/mol. The van der Waals surface area contributed by atoms with E-state index in [0.29, 0.717) is 22.4 Å². The van der Waals surface area contributed by atoms with Gasteiger partial charge in [0, 0.05) is 18.1 Å². The van der Waals surface area contributed by atoms with Gasteiger partial charge in [0.15, 0.2) is 6.61 Å². The van der Waals surface area contributed by atoms with E-state index in [2.05, 4.69) is 5.32 Å². The van der Waals surface area contributed by atoms with Crippen molar-refractivity contribution < 1.29 is 17.9 Å². The molecule has 2 aromatic rings. The number of carbonyl (C=O) groups excluding carboxylic acids is 1. The third-order valence-electron chi connectivity index (χ3n) is 4.43. The van der Waals surface area contributed by atoms with Crippen molar-refractivity contribution in [2.75, 3.05) is 18.0 Å². The maximum Gasteiger partial charge on any atom is 0.264 e.